The number of nitrogens with one attached hydrogen (secondary N) is 2. The van der Waals surface area contributed by atoms with Gasteiger partial charge >= 0.3 is 11.9 Å². The predicted molar refractivity (Wildman–Crippen MR) is 138 cm³/mol. The van der Waals surface area contributed by atoms with Crippen LogP contribution in [-0.4, -0.2) is 58.3 Å². The number of ether oxygens (including phenoxy) is 2. The van der Waals surface area contributed by atoms with Crippen molar-refractivity contribution in [2.45, 2.75) is 32.2 Å². The summed E-state index contributed by atoms with van der Waals surface area (Å²) in [6.07, 6.45) is 3.21. The fourth-order valence-corrected chi connectivity index (χ4v) is 5.63. The second-order valence-corrected chi connectivity index (χ2v) is 10.2. The predicted octanol–water partition coefficient (Wildman–Crippen LogP) is 3.52. The van der Waals surface area contributed by atoms with Gasteiger partial charge in [-0.15, -0.1) is 11.3 Å². The Bertz CT molecular complexity index is 1410. The molecule has 10 nitrogen and oxygen atoms in total. The summed E-state index contributed by atoms with van der Waals surface area (Å²) in [7, 11) is 0. The molecule has 1 saturated heterocycles. The lowest BCUT2D eigenvalue weighted by Crippen LogP contribution is -2.66. The Morgan fingerprint density at radius 3 is 2.72 bits per heavy atom. The number of aromatic nitrogens is 1. The molecule has 0 aliphatic carbocycles. The number of rotatable bonds is 8. The van der Waals surface area contributed by atoms with Gasteiger partial charge in [-0.1, -0.05) is 24.6 Å². The molecule has 3 aliphatic rings. The molecular formula is C25H24ClF2N5O5S. The van der Waals surface area contributed by atoms with Crippen molar-refractivity contribution in [3.05, 3.63) is 74.2 Å². The third-order valence-corrected chi connectivity index (χ3v) is 7.94. The average Bonchev–Trinajstić information content (AvgIpc) is 3.58. The van der Waals surface area contributed by atoms with E-state index in [9.17, 15) is 23.5 Å². The first-order chi connectivity index (χ1) is 18.7. The molecule has 0 amide bonds. The number of hydrogen-bond donors (Lipinski definition) is 3. The standard InChI is InChI=1S/C25H24ClF2N5O5S/c1-3-25(32-15(11-38-25)23(34)35)33-9-12(10-33)19-16(24(36)37-4-2)20(13-5-6-14(27)18(28)17(13)26)31-21(30-19)22-29-7-8-39-22/h5-8,11-12,20,32H,3-4,9-10H2,1-2H3,(H,30,31)(H,34,35). The highest BCUT2D eigenvalue weighted by molar-refractivity contribution is 7.11. The molecule has 14 heteroatoms. The Morgan fingerprint density at radius 2 is 2.10 bits per heavy atom. The van der Waals surface area contributed by atoms with Gasteiger partial charge in [-0.3, -0.25) is 4.99 Å². The van der Waals surface area contributed by atoms with Crippen LogP contribution in [0.15, 0.2) is 51.9 Å². The number of hydrogen-bond acceptors (Lipinski definition) is 10. The summed E-state index contributed by atoms with van der Waals surface area (Å²) < 4.78 is 39.6. The zero-order chi connectivity index (χ0) is 27.9. The summed E-state index contributed by atoms with van der Waals surface area (Å²) >= 11 is 7.54. The van der Waals surface area contributed by atoms with Gasteiger partial charge in [0, 0.05) is 48.3 Å². The Hall–Kier alpha value is -3.55. The number of carbonyl (C=O) groups is 2. The molecule has 39 heavy (non-hydrogen) atoms. The van der Waals surface area contributed by atoms with E-state index < -0.39 is 40.5 Å². The van der Waals surface area contributed by atoms with Gasteiger partial charge in [0.05, 0.1) is 17.2 Å². The van der Waals surface area contributed by atoms with Gasteiger partial charge in [-0.2, -0.15) is 0 Å². The van der Waals surface area contributed by atoms with Crippen molar-refractivity contribution in [2.75, 3.05) is 19.7 Å². The van der Waals surface area contributed by atoms with Crippen LogP contribution in [0.4, 0.5) is 8.78 Å². The minimum atomic E-state index is -1.24. The van der Waals surface area contributed by atoms with Crippen LogP contribution in [0.1, 0.15) is 36.9 Å². The minimum absolute atomic E-state index is 0.0613. The summed E-state index contributed by atoms with van der Waals surface area (Å²) in [6.45, 7) is 4.33. The van der Waals surface area contributed by atoms with E-state index in [1.807, 2.05) is 11.8 Å². The zero-order valence-electron chi connectivity index (χ0n) is 20.8. The number of carboxylic acid groups (broad SMARTS) is 1. The normalized spacial score (nSPS) is 23.3. The third kappa shape index (κ3) is 4.74. The molecule has 0 saturated carbocycles. The smallest absolute Gasteiger partial charge is 0.355 e. The molecule has 0 radical (unpaired) electrons. The van der Waals surface area contributed by atoms with Gasteiger partial charge in [0.1, 0.15) is 12.3 Å². The van der Waals surface area contributed by atoms with Gasteiger partial charge < -0.3 is 25.2 Å². The number of carboxylic acids is 1. The van der Waals surface area contributed by atoms with Crippen LogP contribution in [-0.2, 0) is 19.1 Å². The molecular weight excluding hydrogens is 556 g/mol. The second kappa shape index (κ2) is 10.5. The van der Waals surface area contributed by atoms with Crippen molar-refractivity contribution in [3.8, 4) is 0 Å². The Kier molecular flexibility index (Phi) is 7.31. The molecule has 3 N–H and O–H groups in total. The van der Waals surface area contributed by atoms with Crippen LogP contribution in [0, 0.1) is 17.6 Å². The zero-order valence-corrected chi connectivity index (χ0v) is 22.4. The first kappa shape index (κ1) is 27.0. The molecule has 206 valence electrons. The molecule has 1 fully saturated rings. The molecule has 1 aromatic carbocycles. The van der Waals surface area contributed by atoms with Crippen molar-refractivity contribution in [2.24, 2.45) is 10.9 Å². The van der Waals surface area contributed by atoms with Gasteiger partial charge in [0.25, 0.3) is 0 Å². The van der Waals surface area contributed by atoms with Crippen LogP contribution < -0.4 is 10.6 Å². The summed E-state index contributed by atoms with van der Waals surface area (Å²) in [6, 6.07) is 1.13. The van der Waals surface area contributed by atoms with Crippen LogP contribution in [0.5, 0.6) is 0 Å². The first-order valence-corrected chi connectivity index (χ1v) is 13.4. The van der Waals surface area contributed by atoms with E-state index in [1.165, 1.54) is 23.7 Å². The van der Waals surface area contributed by atoms with E-state index in [-0.39, 0.29) is 29.4 Å². The summed E-state index contributed by atoms with van der Waals surface area (Å²) in [5.74, 6) is -5.17. The van der Waals surface area contributed by atoms with E-state index in [4.69, 9.17) is 21.1 Å². The van der Waals surface area contributed by atoms with E-state index in [0.29, 0.717) is 36.1 Å². The van der Waals surface area contributed by atoms with Crippen molar-refractivity contribution < 1.29 is 33.0 Å². The molecule has 1 aromatic heterocycles. The van der Waals surface area contributed by atoms with E-state index in [1.54, 1.807) is 18.5 Å². The van der Waals surface area contributed by atoms with E-state index in [0.717, 1.165) is 6.07 Å². The van der Waals surface area contributed by atoms with Gasteiger partial charge in [-0.25, -0.2) is 28.3 Å². The fraction of sp³-hybridized carbons (Fsp3) is 0.360. The fourth-order valence-electron chi connectivity index (χ4n) is 4.78. The monoisotopic (exact) mass is 579 g/mol. The number of nitrogens with zero attached hydrogens (tertiary/aromatic N) is 3. The van der Waals surface area contributed by atoms with E-state index in [2.05, 4.69) is 20.6 Å². The summed E-state index contributed by atoms with van der Waals surface area (Å²) in [5, 5.41) is 17.3. The van der Waals surface area contributed by atoms with Crippen LogP contribution in [0.2, 0.25) is 5.02 Å². The number of aliphatic carboxylic acids is 1. The Labute approximate surface area is 231 Å². The maximum absolute atomic E-state index is 14.5. The number of esters is 1. The Morgan fingerprint density at radius 1 is 1.33 bits per heavy atom. The number of halogens is 3. The lowest BCUT2D eigenvalue weighted by Gasteiger charge is -2.50. The SMILES string of the molecule is CCOC(=O)C1=C(C2CN(C3(CC)NC(C(=O)O)=CO3)C2)NC(c2nccs2)=NC1c1ccc(F)c(F)c1Cl. The van der Waals surface area contributed by atoms with Crippen LogP contribution in [0.3, 0.4) is 0 Å². The number of benzene rings is 1. The molecule has 0 spiro atoms. The molecule has 2 aromatic rings. The number of carbonyl (C=O) groups excluding carboxylic acids is 1. The summed E-state index contributed by atoms with van der Waals surface area (Å²) in [4.78, 5) is 35.6. The highest BCUT2D eigenvalue weighted by Crippen LogP contribution is 2.42. The molecule has 3 aliphatic heterocycles. The number of aliphatic imine (C=N–C) groups is 1. The molecule has 2 unspecified atom stereocenters. The lowest BCUT2D eigenvalue weighted by atomic mass is 9.86. The highest BCUT2D eigenvalue weighted by Gasteiger charge is 2.50. The molecule has 2 atom stereocenters. The summed E-state index contributed by atoms with van der Waals surface area (Å²) in [5.41, 5.74) is 0.633. The van der Waals surface area contributed by atoms with Crippen molar-refractivity contribution in [1.29, 1.82) is 0 Å². The van der Waals surface area contributed by atoms with Crippen LogP contribution in [0.25, 0.3) is 0 Å². The molecule has 4 heterocycles. The van der Waals surface area contributed by atoms with Crippen LogP contribution >= 0.6 is 22.9 Å². The van der Waals surface area contributed by atoms with Gasteiger partial charge in [0.15, 0.2) is 28.2 Å². The number of thiazole rings is 1. The quantitative estimate of drug-likeness (QED) is 0.318. The Balaban J connectivity index is 1.55. The average molecular weight is 580 g/mol. The maximum atomic E-state index is 14.5. The highest BCUT2D eigenvalue weighted by atomic mass is 35.5. The molecule has 5 rings (SSSR count). The van der Waals surface area contributed by atoms with Crippen molar-refractivity contribution >= 4 is 40.7 Å². The van der Waals surface area contributed by atoms with Crippen molar-refractivity contribution in [1.82, 2.24) is 20.5 Å². The second-order valence-electron chi connectivity index (χ2n) is 8.97. The first-order valence-electron chi connectivity index (χ1n) is 12.1. The topological polar surface area (TPSA) is 125 Å². The van der Waals surface area contributed by atoms with Gasteiger partial charge in [0.2, 0.25) is 5.85 Å². The third-order valence-electron chi connectivity index (χ3n) is 6.78. The number of amidine groups is 1. The number of likely N-dealkylation sites (tertiary alicyclic amines) is 1. The minimum Gasteiger partial charge on any atom is -0.476 e. The molecule has 0 bridgehead atoms. The largest absolute Gasteiger partial charge is 0.476 e. The van der Waals surface area contributed by atoms with Gasteiger partial charge in [-0.05, 0) is 13.0 Å². The van der Waals surface area contributed by atoms with E-state index >= 15 is 0 Å². The lowest BCUT2D eigenvalue weighted by molar-refractivity contribution is -0.163. The maximum Gasteiger partial charge on any atom is 0.355 e. The van der Waals surface area contributed by atoms with Crippen molar-refractivity contribution in [3.63, 3.8) is 0 Å².